The second kappa shape index (κ2) is 17.1. The molecule has 1 heterocycles. The third kappa shape index (κ3) is 10.1. The molecule has 47 heavy (non-hydrogen) atoms. The number of hydrogen-bond donors (Lipinski definition) is 3. The van der Waals surface area contributed by atoms with Crippen molar-refractivity contribution in [3.05, 3.63) is 95.1 Å². The van der Waals surface area contributed by atoms with Crippen molar-refractivity contribution in [3.8, 4) is 5.75 Å². The molecule has 0 fully saturated rings. The summed E-state index contributed by atoms with van der Waals surface area (Å²) < 4.78 is 12.7. The number of hydrogen-bond acceptors (Lipinski definition) is 7. The predicted molar refractivity (Wildman–Crippen MR) is 181 cm³/mol. The van der Waals surface area contributed by atoms with Gasteiger partial charge in [0.2, 0.25) is 0 Å². The summed E-state index contributed by atoms with van der Waals surface area (Å²) in [5.74, 6) is -1.22. The number of fused-ring (bicyclic) bond motifs is 1. The number of carboxylic acids is 1. The van der Waals surface area contributed by atoms with E-state index in [0.29, 0.717) is 48.8 Å². The predicted octanol–water partition coefficient (Wildman–Crippen LogP) is 5.56. The van der Waals surface area contributed by atoms with Crippen LogP contribution in [0.4, 0.5) is 5.69 Å². The van der Waals surface area contributed by atoms with Gasteiger partial charge in [-0.2, -0.15) is 0 Å². The third-order valence-corrected chi connectivity index (χ3v) is 8.49. The first-order valence-electron chi connectivity index (χ1n) is 16.3. The van der Waals surface area contributed by atoms with Crippen LogP contribution < -0.4 is 10.1 Å². The highest BCUT2D eigenvalue weighted by Gasteiger charge is 2.30. The number of nitrogens with one attached hydrogen (secondary N) is 1. The molecule has 4 atom stereocenters. The Morgan fingerprint density at radius 3 is 2.43 bits per heavy atom. The van der Waals surface area contributed by atoms with E-state index in [2.05, 4.69) is 10.2 Å². The highest BCUT2D eigenvalue weighted by Crippen LogP contribution is 2.29. The van der Waals surface area contributed by atoms with Gasteiger partial charge in [0, 0.05) is 43.4 Å². The average molecular weight is 646 g/mol. The first kappa shape index (κ1) is 35.6. The van der Waals surface area contributed by atoms with Crippen molar-refractivity contribution in [2.75, 3.05) is 38.7 Å². The fourth-order valence-electron chi connectivity index (χ4n) is 5.69. The lowest BCUT2D eigenvalue weighted by Gasteiger charge is -2.36. The summed E-state index contributed by atoms with van der Waals surface area (Å²) in [4.78, 5) is 42.3. The van der Waals surface area contributed by atoms with Crippen LogP contribution in [0, 0.1) is 5.92 Å². The molecular weight excluding hydrogens is 598 g/mol. The number of aliphatic hydroxyl groups excluding tert-OH is 1. The number of likely N-dealkylation sites (N-methyl/N-ethyl adjacent to an activating group) is 1. The topological polar surface area (TPSA) is 129 Å². The maximum atomic E-state index is 14.3. The molecule has 3 N–H and O–H groups in total. The summed E-state index contributed by atoms with van der Waals surface area (Å²) in [6, 6.07) is 20.3. The van der Waals surface area contributed by atoms with Gasteiger partial charge in [-0.25, -0.2) is 4.79 Å². The van der Waals surface area contributed by atoms with Crippen molar-refractivity contribution in [2.24, 2.45) is 5.92 Å². The number of carbonyl (C=O) groups is 3. The second-order valence-corrected chi connectivity index (χ2v) is 12.5. The standard InChI is InChI=1S/C37H47N3O7/c1-25-21-40(26(2)24-41)36(43)32-20-31(38-35(42)29-11-6-5-7-12-29)17-18-33(32)47-27(3)10-8-9-19-46-34(25)23-39(4)22-28-13-15-30(16-14-28)37(44)45/h5-7,11-18,20,25-27,34,41H,8-10,19,21-24H2,1-4H3,(H,38,42)(H,44,45)/t25-,26+,27-,34+/m1/s1. The Kier molecular flexibility index (Phi) is 12.9. The van der Waals surface area contributed by atoms with Gasteiger partial charge in [-0.15, -0.1) is 0 Å². The van der Waals surface area contributed by atoms with E-state index in [1.165, 1.54) is 0 Å². The Morgan fingerprint density at radius 1 is 1.02 bits per heavy atom. The number of amides is 2. The summed E-state index contributed by atoms with van der Waals surface area (Å²) in [7, 11) is 1.99. The van der Waals surface area contributed by atoms with Crippen LogP contribution in [0.25, 0.3) is 0 Å². The number of carboxylic acid groups (broad SMARTS) is 1. The normalized spacial score (nSPS) is 20.1. The van der Waals surface area contributed by atoms with Crippen LogP contribution >= 0.6 is 0 Å². The van der Waals surface area contributed by atoms with Gasteiger partial charge >= 0.3 is 5.97 Å². The molecule has 0 aromatic heterocycles. The maximum absolute atomic E-state index is 14.3. The summed E-state index contributed by atoms with van der Waals surface area (Å²) >= 11 is 0. The molecule has 0 spiro atoms. The van der Waals surface area contributed by atoms with Gasteiger partial charge in [0.05, 0.1) is 36.0 Å². The molecule has 10 heteroatoms. The van der Waals surface area contributed by atoms with Crippen LogP contribution in [0.5, 0.6) is 5.75 Å². The number of anilines is 1. The summed E-state index contributed by atoms with van der Waals surface area (Å²) in [5, 5.41) is 22.4. The molecule has 0 saturated heterocycles. The number of rotatable bonds is 9. The smallest absolute Gasteiger partial charge is 0.335 e. The lowest BCUT2D eigenvalue weighted by molar-refractivity contribution is -0.0177. The highest BCUT2D eigenvalue weighted by atomic mass is 16.5. The Labute approximate surface area is 277 Å². The molecule has 0 unspecified atom stereocenters. The Bertz CT molecular complexity index is 1480. The van der Waals surface area contributed by atoms with Crippen molar-refractivity contribution in [1.82, 2.24) is 9.80 Å². The Morgan fingerprint density at radius 2 is 1.74 bits per heavy atom. The van der Waals surface area contributed by atoms with Gasteiger partial charge < -0.3 is 29.9 Å². The van der Waals surface area contributed by atoms with Gasteiger partial charge in [-0.1, -0.05) is 37.3 Å². The van der Waals surface area contributed by atoms with Crippen LogP contribution in [0.2, 0.25) is 0 Å². The van der Waals surface area contributed by atoms with Gasteiger partial charge in [0.25, 0.3) is 11.8 Å². The van der Waals surface area contributed by atoms with E-state index in [9.17, 15) is 24.6 Å². The van der Waals surface area contributed by atoms with Gasteiger partial charge in [-0.3, -0.25) is 14.5 Å². The minimum atomic E-state index is -0.959. The van der Waals surface area contributed by atoms with Crippen LogP contribution in [0.15, 0.2) is 72.8 Å². The zero-order valence-electron chi connectivity index (χ0n) is 27.7. The van der Waals surface area contributed by atoms with Crippen LogP contribution in [-0.2, 0) is 11.3 Å². The molecule has 10 nitrogen and oxygen atoms in total. The summed E-state index contributed by atoms with van der Waals surface area (Å²) in [5.41, 5.74) is 2.51. The average Bonchev–Trinajstić information content (AvgIpc) is 3.06. The molecule has 0 saturated carbocycles. The van der Waals surface area contributed by atoms with Crippen molar-refractivity contribution < 1.29 is 34.1 Å². The fourth-order valence-corrected chi connectivity index (χ4v) is 5.69. The zero-order chi connectivity index (χ0) is 33.9. The number of benzene rings is 3. The molecule has 0 radical (unpaired) electrons. The fraction of sp³-hybridized carbons (Fsp3) is 0.432. The second-order valence-electron chi connectivity index (χ2n) is 12.5. The molecule has 2 amide bonds. The van der Waals surface area contributed by atoms with E-state index < -0.39 is 12.0 Å². The molecule has 1 aliphatic rings. The maximum Gasteiger partial charge on any atom is 0.335 e. The molecular formula is C37H47N3O7. The lowest BCUT2D eigenvalue weighted by Crippen LogP contribution is -2.47. The number of carbonyl (C=O) groups excluding carboxylic acids is 2. The number of aliphatic hydroxyl groups is 1. The van der Waals surface area contributed by atoms with E-state index in [1.807, 2.05) is 39.1 Å². The van der Waals surface area contributed by atoms with Crippen molar-refractivity contribution >= 4 is 23.5 Å². The van der Waals surface area contributed by atoms with E-state index in [4.69, 9.17) is 9.47 Å². The van der Waals surface area contributed by atoms with Gasteiger partial charge in [0.1, 0.15) is 5.75 Å². The van der Waals surface area contributed by atoms with E-state index in [1.54, 1.807) is 66.4 Å². The largest absolute Gasteiger partial charge is 0.490 e. The molecule has 1 aliphatic heterocycles. The number of aromatic carboxylic acids is 1. The molecule has 252 valence electrons. The molecule has 3 aromatic carbocycles. The van der Waals surface area contributed by atoms with Crippen molar-refractivity contribution in [3.63, 3.8) is 0 Å². The lowest BCUT2D eigenvalue weighted by atomic mass is 10.0. The third-order valence-electron chi connectivity index (χ3n) is 8.49. The van der Waals surface area contributed by atoms with Gasteiger partial charge in [-0.05, 0) is 88.2 Å². The molecule has 4 rings (SSSR count). The minimum Gasteiger partial charge on any atom is -0.490 e. The molecule has 0 aliphatic carbocycles. The summed E-state index contributed by atoms with van der Waals surface area (Å²) in [6.45, 7) is 7.67. The first-order chi connectivity index (χ1) is 22.5. The number of nitrogens with zero attached hydrogens (tertiary/aromatic N) is 2. The summed E-state index contributed by atoms with van der Waals surface area (Å²) in [6.07, 6.45) is 2.13. The quantitative estimate of drug-likeness (QED) is 0.276. The Balaban J connectivity index is 1.59. The van der Waals surface area contributed by atoms with E-state index >= 15 is 0 Å². The van der Waals surface area contributed by atoms with E-state index in [0.717, 1.165) is 24.8 Å². The van der Waals surface area contributed by atoms with Crippen LogP contribution in [-0.4, -0.2) is 89.4 Å². The van der Waals surface area contributed by atoms with Crippen LogP contribution in [0.1, 0.15) is 76.7 Å². The first-order valence-corrected chi connectivity index (χ1v) is 16.3. The Hall–Kier alpha value is -4.25. The molecule has 3 aromatic rings. The zero-order valence-corrected chi connectivity index (χ0v) is 27.7. The highest BCUT2D eigenvalue weighted by molar-refractivity contribution is 6.05. The number of ether oxygens (including phenoxy) is 2. The van der Waals surface area contributed by atoms with Crippen LogP contribution in [0.3, 0.4) is 0 Å². The van der Waals surface area contributed by atoms with E-state index in [-0.39, 0.29) is 42.1 Å². The SMILES string of the molecule is C[C@@H]1CCCCO[C@@H](CN(C)Cc2ccc(C(=O)O)cc2)[C@H](C)CN([C@@H](C)CO)C(=O)c2cc(NC(=O)c3ccccc3)ccc2O1. The molecule has 0 bridgehead atoms. The monoisotopic (exact) mass is 645 g/mol. The minimum absolute atomic E-state index is 0.100. The van der Waals surface area contributed by atoms with Crippen molar-refractivity contribution in [2.45, 2.75) is 64.8 Å². The van der Waals surface area contributed by atoms with Gasteiger partial charge in [0.15, 0.2) is 0 Å². The van der Waals surface area contributed by atoms with Crippen molar-refractivity contribution in [1.29, 1.82) is 0 Å².